The second-order valence-corrected chi connectivity index (χ2v) is 4.50. The molecule has 0 saturated carbocycles. The molecule has 1 aromatic rings. The number of carbonyl (C=O) groups excluding carboxylic acids is 1. The Kier molecular flexibility index (Phi) is 4.06. The minimum Gasteiger partial charge on any atom is -0.480 e. The summed E-state index contributed by atoms with van der Waals surface area (Å²) < 4.78 is 4.95. The molecule has 5 nitrogen and oxygen atoms in total. The Morgan fingerprint density at radius 3 is 2.84 bits per heavy atom. The van der Waals surface area contributed by atoms with Crippen LogP contribution in [0.5, 0.6) is 0 Å². The van der Waals surface area contributed by atoms with Gasteiger partial charge >= 0.3 is 12.1 Å². The molecule has 0 saturated heterocycles. The Morgan fingerprint density at radius 2 is 2.11 bits per heavy atom. The summed E-state index contributed by atoms with van der Waals surface area (Å²) in [4.78, 5) is 21.5. The minimum absolute atomic E-state index is 0.0291. The van der Waals surface area contributed by atoms with Gasteiger partial charge in [-0.3, -0.25) is 4.79 Å². The van der Waals surface area contributed by atoms with Gasteiger partial charge in [0.1, 0.15) is 13.2 Å². The summed E-state index contributed by atoms with van der Waals surface area (Å²) in [5.41, 5.74) is 2.83. The maximum Gasteiger partial charge on any atom is 0.407 e. The number of carboxylic acids is 1. The van der Waals surface area contributed by atoms with Crippen molar-refractivity contribution in [3.63, 3.8) is 0 Å². The van der Waals surface area contributed by atoms with E-state index < -0.39 is 18.6 Å². The highest BCUT2D eigenvalue weighted by Gasteiger charge is 2.20. The van der Waals surface area contributed by atoms with E-state index in [4.69, 9.17) is 21.4 Å². The van der Waals surface area contributed by atoms with E-state index in [0.717, 1.165) is 16.7 Å². The van der Waals surface area contributed by atoms with E-state index in [1.54, 1.807) is 0 Å². The predicted octanol–water partition coefficient (Wildman–Crippen LogP) is 2.00. The fraction of sp³-hybridized carbons (Fsp3) is 0.231. The number of amides is 1. The van der Waals surface area contributed by atoms with Crippen molar-refractivity contribution >= 4 is 29.2 Å². The van der Waals surface area contributed by atoms with Gasteiger partial charge < -0.3 is 15.2 Å². The highest BCUT2D eigenvalue weighted by atomic mass is 35.5. The molecule has 0 fully saturated rings. The molecule has 1 aliphatic rings. The van der Waals surface area contributed by atoms with Crippen LogP contribution >= 0.6 is 11.6 Å². The predicted molar refractivity (Wildman–Crippen MR) is 69.9 cm³/mol. The third kappa shape index (κ3) is 3.26. The number of nitrogens with one attached hydrogen (secondary N) is 1. The Labute approximate surface area is 114 Å². The van der Waals surface area contributed by atoms with Crippen LogP contribution in [0, 0.1) is 0 Å². The number of fused-ring (bicyclic) bond motifs is 1. The van der Waals surface area contributed by atoms with Crippen LogP contribution in [0.3, 0.4) is 0 Å². The average Bonchev–Trinajstić information content (AvgIpc) is 2.69. The van der Waals surface area contributed by atoms with Gasteiger partial charge in [-0.05, 0) is 11.1 Å². The van der Waals surface area contributed by atoms with Crippen LogP contribution in [0.4, 0.5) is 4.79 Å². The number of hydrogen-bond acceptors (Lipinski definition) is 3. The van der Waals surface area contributed by atoms with Gasteiger partial charge in [0.15, 0.2) is 0 Å². The Morgan fingerprint density at radius 1 is 1.37 bits per heavy atom. The molecule has 19 heavy (non-hydrogen) atoms. The zero-order chi connectivity index (χ0) is 13.8. The molecular weight excluding hydrogens is 270 g/mol. The lowest BCUT2D eigenvalue weighted by atomic mass is 10.1. The second kappa shape index (κ2) is 5.75. The van der Waals surface area contributed by atoms with Crippen molar-refractivity contribution < 1.29 is 19.4 Å². The molecule has 0 heterocycles. The highest BCUT2D eigenvalue weighted by molar-refractivity contribution is 6.33. The lowest BCUT2D eigenvalue weighted by Gasteiger charge is -2.08. The summed E-state index contributed by atoms with van der Waals surface area (Å²) in [6, 6.07) is 7.69. The van der Waals surface area contributed by atoms with E-state index in [0.29, 0.717) is 11.5 Å². The maximum absolute atomic E-state index is 11.3. The minimum atomic E-state index is -1.12. The molecule has 2 N–H and O–H groups in total. The summed E-state index contributed by atoms with van der Waals surface area (Å²) in [5.74, 6) is -1.12. The van der Waals surface area contributed by atoms with E-state index in [1.165, 1.54) is 0 Å². The number of aliphatic carboxylic acids is 1. The zero-order valence-electron chi connectivity index (χ0n) is 9.98. The Bertz CT molecular complexity index is 553. The smallest absolute Gasteiger partial charge is 0.407 e. The molecule has 1 aromatic carbocycles. The number of carboxylic acid groups (broad SMARTS) is 1. The van der Waals surface area contributed by atoms with Crippen LogP contribution in [-0.4, -0.2) is 30.3 Å². The van der Waals surface area contributed by atoms with Crippen LogP contribution in [0.25, 0.3) is 5.57 Å². The van der Waals surface area contributed by atoms with Crippen molar-refractivity contribution in [1.29, 1.82) is 0 Å². The molecule has 0 aliphatic heterocycles. The number of allylic oxidation sites excluding steroid dienone is 1. The third-order valence-electron chi connectivity index (χ3n) is 2.75. The van der Waals surface area contributed by atoms with Crippen molar-refractivity contribution in [3.8, 4) is 0 Å². The van der Waals surface area contributed by atoms with Crippen LogP contribution < -0.4 is 5.32 Å². The number of halogens is 1. The zero-order valence-corrected chi connectivity index (χ0v) is 10.7. The number of carbonyl (C=O) groups is 2. The number of ether oxygens (including phenoxy) is 1. The summed E-state index contributed by atoms with van der Waals surface area (Å²) in [5, 5.41) is 11.2. The molecule has 2 rings (SSSR count). The highest BCUT2D eigenvalue weighted by Crippen LogP contribution is 2.34. The van der Waals surface area contributed by atoms with E-state index in [2.05, 4.69) is 5.32 Å². The van der Waals surface area contributed by atoms with Crippen LogP contribution in [0.15, 0.2) is 29.3 Å². The van der Waals surface area contributed by atoms with Crippen LogP contribution in [0.1, 0.15) is 11.1 Å². The Hall–Kier alpha value is -2.01. The van der Waals surface area contributed by atoms with Gasteiger partial charge in [0.25, 0.3) is 0 Å². The fourth-order valence-corrected chi connectivity index (χ4v) is 2.18. The number of hydrogen-bond donors (Lipinski definition) is 2. The molecule has 1 amide bonds. The van der Waals surface area contributed by atoms with Crippen molar-refractivity contribution in [2.45, 2.75) is 6.42 Å². The second-order valence-electron chi connectivity index (χ2n) is 4.04. The first-order valence-electron chi connectivity index (χ1n) is 5.66. The molecule has 0 bridgehead atoms. The van der Waals surface area contributed by atoms with E-state index in [-0.39, 0.29) is 6.61 Å². The monoisotopic (exact) mass is 281 g/mol. The number of alkyl carbamates (subject to hydrolysis) is 1. The number of rotatable bonds is 4. The van der Waals surface area contributed by atoms with Gasteiger partial charge in [0.2, 0.25) is 0 Å². The summed E-state index contributed by atoms with van der Waals surface area (Å²) >= 11 is 6.13. The topological polar surface area (TPSA) is 75.6 Å². The van der Waals surface area contributed by atoms with Crippen molar-refractivity contribution in [1.82, 2.24) is 5.32 Å². The van der Waals surface area contributed by atoms with Crippen LogP contribution in [0.2, 0.25) is 0 Å². The molecule has 0 unspecified atom stereocenters. The van der Waals surface area contributed by atoms with Crippen molar-refractivity contribution in [3.05, 3.63) is 40.4 Å². The molecule has 0 radical (unpaired) electrons. The lowest BCUT2D eigenvalue weighted by Crippen LogP contribution is -2.30. The Balaban J connectivity index is 1.95. The van der Waals surface area contributed by atoms with E-state index >= 15 is 0 Å². The molecule has 0 atom stereocenters. The molecular formula is C13H12ClNO4. The van der Waals surface area contributed by atoms with Crippen LogP contribution in [-0.2, 0) is 16.0 Å². The molecule has 100 valence electrons. The molecule has 6 heteroatoms. The van der Waals surface area contributed by atoms with E-state index in [9.17, 15) is 9.59 Å². The number of benzene rings is 1. The SMILES string of the molecule is O=C(O)CNC(=O)OCC1=C(Cl)Cc2ccccc21. The largest absolute Gasteiger partial charge is 0.480 e. The summed E-state index contributed by atoms with van der Waals surface area (Å²) in [7, 11) is 0. The lowest BCUT2D eigenvalue weighted by molar-refractivity contribution is -0.135. The van der Waals surface area contributed by atoms with Gasteiger partial charge in [-0.1, -0.05) is 35.9 Å². The first-order chi connectivity index (χ1) is 9.08. The van der Waals surface area contributed by atoms with Gasteiger partial charge in [-0.15, -0.1) is 0 Å². The first kappa shape index (κ1) is 13.4. The van der Waals surface area contributed by atoms with Gasteiger partial charge in [-0.2, -0.15) is 0 Å². The average molecular weight is 282 g/mol. The quantitative estimate of drug-likeness (QED) is 0.885. The molecule has 0 spiro atoms. The molecule has 0 aromatic heterocycles. The van der Waals surface area contributed by atoms with Crippen molar-refractivity contribution in [2.24, 2.45) is 0 Å². The third-order valence-corrected chi connectivity index (χ3v) is 3.11. The van der Waals surface area contributed by atoms with Gasteiger partial charge in [0, 0.05) is 17.0 Å². The maximum atomic E-state index is 11.3. The standard InChI is InChI=1S/C13H12ClNO4/c14-11-5-8-3-1-2-4-9(8)10(11)7-19-13(18)15-6-12(16)17/h1-4H,5-7H2,(H,15,18)(H,16,17). The normalized spacial score (nSPS) is 13.1. The van der Waals surface area contributed by atoms with Gasteiger partial charge in [-0.25, -0.2) is 4.79 Å². The van der Waals surface area contributed by atoms with Crippen molar-refractivity contribution in [2.75, 3.05) is 13.2 Å². The fourth-order valence-electron chi connectivity index (χ4n) is 1.88. The summed E-state index contributed by atoms with van der Waals surface area (Å²) in [6.07, 6.45) is -0.142. The van der Waals surface area contributed by atoms with E-state index in [1.807, 2.05) is 24.3 Å². The summed E-state index contributed by atoms with van der Waals surface area (Å²) in [6.45, 7) is -0.441. The van der Waals surface area contributed by atoms with Gasteiger partial charge in [0.05, 0.1) is 0 Å². The molecule has 1 aliphatic carbocycles. The first-order valence-corrected chi connectivity index (χ1v) is 6.04.